The predicted molar refractivity (Wildman–Crippen MR) is 87.0 cm³/mol. The van der Waals surface area contributed by atoms with E-state index in [0.717, 1.165) is 11.1 Å². The number of halogens is 1. The fourth-order valence-corrected chi connectivity index (χ4v) is 2.17. The van der Waals surface area contributed by atoms with Gasteiger partial charge in [-0.25, -0.2) is 9.49 Å². The topological polar surface area (TPSA) is 46.0 Å². The summed E-state index contributed by atoms with van der Waals surface area (Å²) in [6.07, 6.45) is 1.43. The van der Waals surface area contributed by atoms with Gasteiger partial charge in [0, 0.05) is 11.1 Å². The molecule has 0 spiro atoms. The number of hydrogen-bond donors (Lipinski definition) is 1. The molecule has 0 bridgehead atoms. The van der Waals surface area contributed by atoms with Gasteiger partial charge in [0.2, 0.25) is 4.77 Å². The summed E-state index contributed by atoms with van der Waals surface area (Å²) in [5.74, 6) is 0.246. The zero-order chi connectivity index (χ0) is 15.5. The summed E-state index contributed by atoms with van der Waals surface area (Å²) in [6.45, 7) is 2.01. The summed E-state index contributed by atoms with van der Waals surface area (Å²) < 4.78 is 15.5. The molecule has 1 aromatic heterocycles. The summed E-state index contributed by atoms with van der Waals surface area (Å²) >= 11 is 5.18. The van der Waals surface area contributed by atoms with Crippen LogP contribution >= 0.6 is 12.2 Å². The fraction of sp³-hybridized carbons (Fsp3) is 0.0625. The van der Waals surface area contributed by atoms with Gasteiger partial charge in [-0.2, -0.15) is 14.9 Å². The maximum atomic E-state index is 13.6. The van der Waals surface area contributed by atoms with Crippen molar-refractivity contribution in [3.8, 4) is 11.4 Å². The molecule has 1 N–H and O–H groups in total. The number of aromatic amines is 1. The second kappa shape index (κ2) is 6.03. The third-order valence-electron chi connectivity index (χ3n) is 3.18. The average Bonchev–Trinajstić information content (AvgIpc) is 2.88. The third-order valence-corrected chi connectivity index (χ3v) is 3.44. The molecule has 0 fully saturated rings. The quantitative estimate of drug-likeness (QED) is 0.588. The molecule has 0 amide bonds. The van der Waals surface area contributed by atoms with Gasteiger partial charge < -0.3 is 0 Å². The van der Waals surface area contributed by atoms with E-state index in [4.69, 9.17) is 12.2 Å². The molecule has 110 valence electrons. The highest BCUT2D eigenvalue weighted by Crippen LogP contribution is 2.17. The van der Waals surface area contributed by atoms with E-state index in [2.05, 4.69) is 15.3 Å². The minimum atomic E-state index is -0.335. The Bertz CT molecular complexity index is 878. The molecule has 1 heterocycles. The third kappa shape index (κ3) is 2.87. The van der Waals surface area contributed by atoms with E-state index >= 15 is 0 Å². The molecule has 6 heteroatoms. The van der Waals surface area contributed by atoms with Crippen LogP contribution in [0, 0.1) is 17.5 Å². The zero-order valence-electron chi connectivity index (χ0n) is 11.8. The van der Waals surface area contributed by atoms with Crippen molar-refractivity contribution < 1.29 is 4.39 Å². The molecule has 0 saturated carbocycles. The molecule has 4 nitrogen and oxygen atoms in total. The van der Waals surface area contributed by atoms with Gasteiger partial charge in [0.25, 0.3) is 0 Å². The lowest BCUT2D eigenvalue weighted by molar-refractivity contribution is 0.625. The number of aromatic nitrogens is 3. The van der Waals surface area contributed by atoms with Crippen molar-refractivity contribution in [3.63, 3.8) is 0 Å². The smallest absolute Gasteiger partial charge is 0.216 e. The highest BCUT2D eigenvalue weighted by molar-refractivity contribution is 7.71. The standard InChI is InChI=1S/C16H13FN4S/c1-11-6-8-12(9-7-11)15-19-20-16(22)21(15)18-10-13-4-2-3-5-14(13)17/h2-10H,1H3,(H,20,22)/b18-10-. The SMILES string of the molecule is Cc1ccc(-c2n[nH]c(=S)n2/N=C\c2ccccc2F)cc1. The molecule has 0 aliphatic heterocycles. The number of benzene rings is 2. The van der Waals surface area contributed by atoms with E-state index in [-0.39, 0.29) is 5.82 Å². The Morgan fingerprint density at radius 3 is 2.64 bits per heavy atom. The minimum Gasteiger partial charge on any atom is -0.250 e. The van der Waals surface area contributed by atoms with Crippen LogP contribution in [0.2, 0.25) is 0 Å². The van der Waals surface area contributed by atoms with Crippen molar-refractivity contribution in [2.45, 2.75) is 6.92 Å². The number of hydrogen-bond acceptors (Lipinski definition) is 3. The lowest BCUT2D eigenvalue weighted by Crippen LogP contribution is -1.96. The first-order valence-corrected chi connectivity index (χ1v) is 7.09. The molecule has 3 rings (SSSR count). The van der Waals surface area contributed by atoms with Crippen LogP contribution in [0.25, 0.3) is 11.4 Å². The predicted octanol–water partition coefficient (Wildman–Crippen LogP) is 3.94. The van der Waals surface area contributed by atoms with Gasteiger partial charge in [-0.15, -0.1) is 0 Å². The van der Waals surface area contributed by atoms with Gasteiger partial charge in [0.15, 0.2) is 5.82 Å². The lowest BCUT2D eigenvalue weighted by atomic mass is 10.1. The maximum absolute atomic E-state index is 13.6. The first-order valence-electron chi connectivity index (χ1n) is 6.68. The van der Waals surface area contributed by atoms with Crippen LogP contribution in [0.15, 0.2) is 53.6 Å². The van der Waals surface area contributed by atoms with Crippen LogP contribution in [0.5, 0.6) is 0 Å². The number of aryl methyl sites for hydroxylation is 1. The van der Waals surface area contributed by atoms with Crippen LogP contribution in [-0.2, 0) is 0 Å². The summed E-state index contributed by atoms with van der Waals surface area (Å²) in [6, 6.07) is 14.3. The molecule has 0 radical (unpaired) electrons. The van der Waals surface area contributed by atoms with E-state index in [1.165, 1.54) is 17.0 Å². The summed E-state index contributed by atoms with van der Waals surface area (Å²) in [7, 11) is 0. The van der Waals surface area contributed by atoms with Crippen molar-refractivity contribution in [1.82, 2.24) is 14.9 Å². The molecule has 0 atom stereocenters. The maximum Gasteiger partial charge on any atom is 0.216 e. The largest absolute Gasteiger partial charge is 0.250 e. The van der Waals surface area contributed by atoms with Gasteiger partial charge in [-0.1, -0.05) is 48.0 Å². The van der Waals surface area contributed by atoms with Gasteiger partial charge in [0.1, 0.15) is 5.82 Å². The van der Waals surface area contributed by atoms with Crippen LogP contribution in [0.1, 0.15) is 11.1 Å². The highest BCUT2D eigenvalue weighted by Gasteiger charge is 2.08. The molecule has 2 aromatic carbocycles. The zero-order valence-corrected chi connectivity index (χ0v) is 12.6. The van der Waals surface area contributed by atoms with E-state index in [0.29, 0.717) is 16.2 Å². The lowest BCUT2D eigenvalue weighted by Gasteiger charge is -2.02. The van der Waals surface area contributed by atoms with E-state index in [1.807, 2.05) is 31.2 Å². The van der Waals surface area contributed by atoms with Gasteiger partial charge in [-0.3, -0.25) is 0 Å². The van der Waals surface area contributed by atoms with Crippen molar-refractivity contribution in [1.29, 1.82) is 0 Å². The first kappa shape index (κ1) is 14.3. The van der Waals surface area contributed by atoms with Crippen LogP contribution in [0.3, 0.4) is 0 Å². The molecule has 0 aliphatic rings. The van der Waals surface area contributed by atoms with Crippen molar-refractivity contribution >= 4 is 18.4 Å². The Hall–Kier alpha value is -2.60. The second-order valence-electron chi connectivity index (χ2n) is 4.80. The molecule has 0 aliphatic carbocycles. The molecule has 0 saturated heterocycles. The molecular weight excluding hydrogens is 299 g/mol. The van der Waals surface area contributed by atoms with Crippen LogP contribution < -0.4 is 0 Å². The summed E-state index contributed by atoms with van der Waals surface area (Å²) in [4.78, 5) is 0. The van der Waals surface area contributed by atoms with E-state index in [9.17, 15) is 4.39 Å². The van der Waals surface area contributed by atoms with Gasteiger partial charge in [-0.05, 0) is 25.2 Å². The molecule has 22 heavy (non-hydrogen) atoms. The minimum absolute atomic E-state index is 0.335. The highest BCUT2D eigenvalue weighted by atomic mass is 32.1. The van der Waals surface area contributed by atoms with Crippen molar-refractivity contribution in [2.24, 2.45) is 5.10 Å². The Morgan fingerprint density at radius 2 is 1.91 bits per heavy atom. The average molecular weight is 312 g/mol. The fourth-order valence-electron chi connectivity index (χ4n) is 1.99. The molecular formula is C16H13FN4S. The van der Waals surface area contributed by atoms with Gasteiger partial charge in [0.05, 0.1) is 6.21 Å². The normalized spacial score (nSPS) is 11.2. The Morgan fingerprint density at radius 1 is 1.18 bits per heavy atom. The Kier molecular flexibility index (Phi) is 3.93. The molecule has 0 unspecified atom stereocenters. The van der Waals surface area contributed by atoms with E-state index in [1.54, 1.807) is 18.2 Å². The number of rotatable bonds is 3. The number of nitrogens with one attached hydrogen (secondary N) is 1. The van der Waals surface area contributed by atoms with E-state index < -0.39 is 0 Å². The van der Waals surface area contributed by atoms with Gasteiger partial charge >= 0.3 is 0 Å². The molecule has 3 aromatic rings. The Labute approximate surface area is 131 Å². The summed E-state index contributed by atoms with van der Waals surface area (Å²) in [5, 5.41) is 11.1. The van der Waals surface area contributed by atoms with Crippen LogP contribution in [-0.4, -0.2) is 21.1 Å². The summed E-state index contributed by atoms with van der Waals surface area (Å²) in [5.41, 5.74) is 2.42. The van der Waals surface area contributed by atoms with Crippen LogP contribution in [0.4, 0.5) is 4.39 Å². The monoisotopic (exact) mass is 312 g/mol. The Balaban J connectivity index is 2.01. The number of H-pyrrole nitrogens is 1. The first-order chi connectivity index (χ1) is 10.6. The second-order valence-corrected chi connectivity index (χ2v) is 5.18. The number of nitrogens with zero attached hydrogens (tertiary/aromatic N) is 3. The van der Waals surface area contributed by atoms with Crippen molar-refractivity contribution in [3.05, 3.63) is 70.2 Å². The van der Waals surface area contributed by atoms with Crippen molar-refractivity contribution in [2.75, 3.05) is 0 Å².